The lowest BCUT2D eigenvalue weighted by Crippen LogP contribution is -2.52. The van der Waals surface area contributed by atoms with E-state index in [9.17, 15) is 9.18 Å². The van der Waals surface area contributed by atoms with E-state index < -0.39 is 5.60 Å². The highest BCUT2D eigenvalue weighted by molar-refractivity contribution is 5.94. The summed E-state index contributed by atoms with van der Waals surface area (Å²) in [6, 6.07) is 10.4. The van der Waals surface area contributed by atoms with Gasteiger partial charge in [0.2, 0.25) is 0 Å². The second-order valence-electron chi connectivity index (χ2n) is 10.9. The van der Waals surface area contributed by atoms with Crippen LogP contribution in [-0.2, 0) is 11.3 Å². The number of piperidine rings is 1. The Morgan fingerprint density at radius 2 is 1.83 bits per heavy atom. The third-order valence-electron chi connectivity index (χ3n) is 6.76. The zero-order valence-corrected chi connectivity index (χ0v) is 22.3. The average Bonchev–Trinajstić information content (AvgIpc) is 2.80. The quantitative estimate of drug-likeness (QED) is 0.498. The molecule has 196 valence electrons. The lowest BCUT2D eigenvalue weighted by Gasteiger charge is -2.47. The summed E-state index contributed by atoms with van der Waals surface area (Å²) in [5.41, 5.74) is 2.02. The van der Waals surface area contributed by atoms with Gasteiger partial charge in [-0.25, -0.2) is 4.39 Å². The van der Waals surface area contributed by atoms with Gasteiger partial charge >= 0.3 is 0 Å². The summed E-state index contributed by atoms with van der Waals surface area (Å²) in [6.45, 7) is 9.86. The molecule has 1 spiro atoms. The van der Waals surface area contributed by atoms with Crippen molar-refractivity contribution < 1.29 is 23.4 Å². The van der Waals surface area contributed by atoms with Crippen LogP contribution < -0.4 is 9.47 Å². The summed E-state index contributed by atoms with van der Waals surface area (Å²) in [5.74, 6) is 1.23. The van der Waals surface area contributed by atoms with E-state index in [0.29, 0.717) is 50.2 Å². The minimum atomic E-state index is -0.424. The maximum absolute atomic E-state index is 14.0. The second-order valence-corrected chi connectivity index (χ2v) is 10.9. The summed E-state index contributed by atoms with van der Waals surface area (Å²) in [6.07, 6.45) is 1.90. The first-order valence-electron chi connectivity index (χ1n) is 12.9. The number of fused-ring (bicyclic) bond motifs is 1. The van der Waals surface area contributed by atoms with Crippen LogP contribution in [-0.4, -0.2) is 60.7 Å². The third kappa shape index (κ3) is 6.01. The number of carbonyl (C=O) groups excluding carboxylic acids is 1. The number of benzene rings is 2. The van der Waals surface area contributed by atoms with E-state index in [4.69, 9.17) is 14.2 Å². The van der Waals surface area contributed by atoms with E-state index >= 15 is 0 Å². The molecule has 0 unspecified atom stereocenters. The lowest BCUT2D eigenvalue weighted by molar-refractivity contribution is -0.0873. The summed E-state index contributed by atoms with van der Waals surface area (Å²) in [5, 5.41) is 0. The van der Waals surface area contributed by atoms with Crippen LogP contribution in [0.2, 0.25) is 0 Å². The van der Waals surface area contributed by atoms with E-state index in [0.717, 1.165) is 16.9 Å². The van der Waals surface area contributed by atoms with Crippen LogP contribution in [0, 0.1) is 5.82 Å². The Morgan fingerprint density at radius 1 is 1.11 bits per heavy atom. The molecule has 1 saturated heterocycles. The molecule has 0 bridgehead atoms. The SMILES string of the molecule is CC(C)Oc1ccc(C(=O)N2CCC3(CC2)C[C@@H](OC(C)C)c2cc(F)ccc2O3)cc1CN(C)C. The summed E-state index contributed by atoms with van der Waals surface area (Å²) >= 11 is 0. The topological polar surface area (TPSA) is 51.2 Å². The fourth-order valence-electron chi connectivity index (χ4n) is 5.19. The summed E-state index contributed by atoms with van der Waals surface area (Å²) in [7, 11) is 4.01. The van der Waals surface area contributed by atoms with Crippen molar-refractivity contribution in [2.75, 3.05) is 27.2 Å². The zero-order valence-electron chi connectivity index (χ0n) is 22.3. The monoisotopic (exact) mass is 498 g/mol. The van der Waals surface area contributed by atoms with Gasteiger partial charge in [-0.15, -0.1) is 0 Å². The molecule has 4 rings (SSSR count). The van der Waals surface area contributed by atoms with Crippen molar-refractivity contribution in [2.45, 2.75) is 77.4 Å². The van der Waals surface area contributed by atoms with E-state index in [-0.39, 0.29) is 30.0 Å². The smallest absolute Gasteiger partial charge is 0.253 e. The maximum atomic E-state index is 14.0. The van der Waals surface area contributed by atoms with Crippen molar-refractivity contribution in [1.82, 2.24) is 9.80 Å². The van der Waals surface area contributed by atoms with Crippen molar-refractivity contribution >= 4 is 5.91 Å². The predicted octanol–water partition coefficient (Wildman–Crippen LogP) is 5.60. The average molecular weight is 499 g/mol. The lowest BCUT2D eigenvalue weighted by atomic mass is 9.81. The largest absolute Gasteiger partial charge is 0.491 e. The fourth-order valence-corrected chi connectivity index (χ4v) is 5.19. The standard InChI is InChI=1S/C29H39FN2O4/c1-19(2)34-25-9-7-21(15-22(25)18-31(5)6)28(33)32-13-11-29(12-14-32)17-27(35-20(3)4)24-16-23(30)8-10-26(24)36-29/h7-10,15-16,19-20,27H,11-14,17-18H2,1-6H3/t27-/m1/s1. The molecule has 1 fully saturated rings. The highest BCUT2D eigenvalue weighted by Gasteiger charge is 2.45. The number of carbonyl (C=O) groups is 1. The van der Waals surface area contributed by atoms with Crippen molar-refractivity contribution in [2.24, 2.45) is 0 Å². The molecule has 2 aliphatic rings. The number of hydrogen-bond acceptors (Lipinski definition) is 5. The molecular weight excluding hydrogens is 459 g/mol. The van der Waals surface area contributed by atoms with Gasteiger partial charge in [-0.2, -0.15) is 0 Å². The van der Waals surface area contributed by atoms with Gasteiger partial charge in [-0.3, -0.25) is 4.79 Å². The van der Waals surface area contributed by atoms with Crippen LogP contribution in [0.3, 0.4) is 0 Å². The minimum absolute atomic E-state index is 0.0157. The van der Waals surface area contributed by atoms with E-state index in [2.05, 4.69) is 4.90 Å². The van der Waals surface area contributed by atoms with Gasteiger partial charge in [0.25, 0.3) is 5.91 Å². The summed E-state index contributed by atoms with van der Waals surface area (Å²) < 4.78 is 32.6. The first-order chi connectivity index (χ1) is 17.0. The van der Waals surface area contributed by atoms with Crippen LogP contribution in [0.25, 0.3) is 0 Å². The van der Waals surface area contributed by atoms with Gasteiger partial charge < -0.3 is 24.0 Å². The minimum Gasteiger partial charge on any atom is -0.491 e. The molecule has 0 aromatic heterocycles. The molecule has 2 aliphatic heterocycles. The number of halogens is 1. The Hall–Kier alpha value is -2.64. The first kappa shape index (κ1) is 26.4. The van der Waals surface area contributed by atoms with Gasteiger partial charge in [-0.1, -0.05) is 0 Å². The molecule has 2 aromatic carbocycles. The van der Waals surface area contributed by atoms with Gasteiger partial charge in [0.15, 0.2) is 0 Å². The predicted molar refractivity (Wildman–Crippen MR) is 138 cm³/mol. The van der Waals surface area contributed by atoms with Gasteiger partial charge in [0, 0.05) is 55.6 Å². The highest BCUT2D eigenvalue weighted by atomic mass is 19.1. The second kappa shape index (κ2) is 10.8. The number of likely N-dealkylation sites (tertiary alicyclic amines) is 1. The van der Waals surface area contributed by atoms with Gasteiger partial charge in [-0.05, 0) is 78.2 Å². The Bertz CT molecular complexity index is 1080. The zero-order chi connectivity index (χ0) is 26.0. The van der Waals surface area contributed by atoms with Crippen molar-refractivity contribution in [3.63, 3.8) is 0 Å². The fraction of sp³-hybridized carbons (Fsp3) is 0.552. The van der Waals surface area contributed by atoms with Crippen LogP contribution in [0.5, 0.6) is 11.5 Å². The Labute approximate surface area is 214 Å². The van der Waals surface area contributed by atoms with Crippen LogP contribution in [0.1, 0.15) is 74.5 Å². The molecule has 0 saturated carbocycles. The summed E-state index contributed by atoms with van der Waals surface area (Å²) in [4.78, 5) is 17.4. The van der Waals surface area contributed by atoms with E-state index in [1.54, 1.807) is 6.07 Å². The molecule has 2 aromatic rings. The van der Waals surface area contributed by atoms with Crippen LogP contribution in [0.4, 0.5) is 4.39 Å². The van der Waals surface area contributed by atoms with Gasteiger partial charge in [0.05, 0.1) is 18.3 Å². The van der Waals surface area contributed by atoms with Crippen molar-refractivity contribution in [1.29, 1.82) is 0 Å². The Balaban J connectivity index is 1.49. The molecule has 1 atom stereocenters. The normalized spacial score (nSPS) is 19.1. The molecule has 0 N–H and O–H groups in total. The number of nitrogens with zero attached hydrogens (tertiary/aromatic N) is 2. The van der Waals surface area contributed by atoms with Crippen LogP contribution >= 0.6 is 0 Å². The number of rotatable bonds is 7. The van der Waals surface area contributed by atoms with Crippen molar-refractivity contribution in [3.8, 4) is 11.5 Å². The molecule has 7 heteroatoms. The molecule has 36 heavy (non-hydrogen) atoms. The number of hydrogen-bond donors (Lipinski definition) is 0. The molecule has 1 amide bonds. The first-order valence-corrected chi connectivity index (χ1v) is 12.9. The third-order valence-corrected chi connectivity index (χ3v) is 6.76. The molecule has 0 radical (unpaired) electrons. The maximum Gasteiger partial charge on any atom is 0.253 e. The van der Waals surface area contributed by atoms with Crippen LogP contribution in [0.15, 0.2) is 36.4 Å². The molecule has 6 nitrogen and oxygen atoms in total. The Kier molecular flexibility index (Phi) is 7.90. The van der Waals surface area contributed by atoms with E-state index in [1.165, 1.54) is 12.1 Å². The number of ether oxygens (including phenoxy) is 3. The molecular formula is C29H39FN2O4. The highest BCUT2D eigenvalue weighted by Crippen LogP contribution is 2.46. The number of amides is 1. The van der Waals surface area contributed by atoms with Gasteiger partial charge in [0.1, 0.15) is 22.9 Å². The Morgan fingerprint density at radius 3 is 2.47 bits per heavy atom. The molecule has 2 heterocycles. The molecule has 0 aliphatic carbocycles. The van der Waals surface area contributed by atoms with Crippen molar-refractivity contribution in [3.05, 3.63) is 58.9 Å². The van der Waals surface area contributed by atoms with E-state index in [1.807, 2.05) is 64.9 Å².